The fourth-order valence-electron chi connectivity index (χ4n) is 2.96. The van der Waals surface area contributed by atoms with E-state index in [1.165, 1.54) is 5.56 Å². The van der Waals surface area contributed by atoms with Crippen LogP contribution in [-0.4, -0.2) is 26.8 Å². The lowest BCUT2D eigenvalue weighted by Crippen LogP contribution is -2.37. The van der Waals surface area contributed by atoms with E-state index >= 15 is 0 Å². The molecule has 1 N–H and O–H groups in total. The summed E-state index contributed by atoms with van der Waals surface area (Å²) in [6.07, 6.45) is 2.95. The maximum absolute atomic E-state index is 12.9. The highest BCUT2D eigenvalue weighted by Gasteiger charge is 2.34. The zero-order valence-electron chi connectivity index (χ0n) is 13.8. The summed E-state index contributed by atoms with van der Waals surface area (Å²) in [6.45, 7) is 11.8. The summed E-state index contributed by atoms with van der Waals surface area (Å²) >= 11 is 0. The lowest BCUT2D eigenvalue weighted by molar-refractivity contribution is 0.493. The molecule has 2 rings (SSSR count). The van der Waals surface area contributed by atoms with Gasteiger partial charge in [0.2, 0.25) is 0 Å². The topological polar surface area (TPSA) is 46.2 Å². The van der Waals surface area contributed by atoms with E-state index in [0.29, 0.717) is 12.8 Å². The molecule has 1 heterocycles. The molecule has 0 spiro atoms. The Bertz CT molecular complexity index is 605. The van der Waals surface area contributed by atoms with Crippen molar-refractivity contribution >= 4 is 9.84 Å². The third-order valence-corrected chi connectivity index (χ3v) is 7.00. The molecule has 1 unspecified atom stereocenters. The van der Waals surface area contributed by atoms with Crippen molar-refractivity contribution < 1.29 is 8.42 Å². The Labute approximate surface area is 134 Å². The van der Waals surface area contributed by atoms with E-state index in [1.807, 2.05) is 24.3 Å². The predicted octanol–water partition coefficient (Wildman–Crippen LogP) is 3.38. The van der Waals surface area contributed by atoms with Crippen molar-refractivity contribution in [2.45, 2.75) is 49.5 Å². The Balaban J connectivity index is 2.29. The Kier molecular flexibility index (Phi) is 5.13. The maximum atomic E-state index is 12.9. The number of nitrogens with one attached hydrogen (secondary N) is 1. The highest BCUT2D eigenvalue weighted by atomic mass is 32.2. The number of hydrogen-bond donors (Lipinski definition) is 1. The van der Waals surface area contributed by atoms with E-state index in [2.05, 4.69) is 32.7 Å². The molecule has 1 fully saturated rings. The van der Waals surface area contributed by atoms with Crippen LogP contribution in [0.2, 0.25) is 0 Å². The van der Waals surface area contributed by atoms with Gasteiger partial charge in [-0.15, -0.1) is 6.58 Å². The summed E-state index contributed by atoms with van der Waals surface area (Å²) in [7, 11) is -3.23. The highest BCUT2D eigenvalue weighted by molar-refractivity contribution is 7.92. The molecule has 0 radical (unpaired) electrons. The van der Waals surface area contributed by atoms with Crippen LogP contribution in [0, 0.1) is 0 Å². The van der Waals surface area contributed by atoms with Crippen molar-refractivity contribution in [3.8, 4) is 0 Å². The van der Waals surface area contributed by atoms with Gasteiger partial charge >= 0.3 is 0 Å². The van der Waals surface area contributed by atoms with Gasteiger partial charge in [-0.1, -0.05) is 51.1 Å². The van der Waals surface area contributed by atoms with Gasteiger partial charge in [-0.25, -0.2) is 8.42 Å². The van der Waals surface area contributed by atoms with Gasteiger partial charge in [0.1, 0.15) is 5.25 Å². The van der Waals surface area contributed by atoms with Gasteiger partial charge in [0.15, 0.2) is 9.84 Å². The fourth-order valence-corrected chi connectivity index (χ4v) is 5.08. The molecule has 1 aliphatic rings. The summed E-state index contributed by atoms with van der Waals surface area (Å²) in [4.78, 5) is 0. The standard InChI is InChI=1S/C18H27NO2S/c1-5-17(22(20,21)16-10-12-19-13-11-16)14-6-8-15(9-7-14)18(2,3)4/h5-9,16-17,19H,1,10-13H2,2-4H3. The summed E-state index contributed by atoms with van der Waals surface area (Å²) in [5.74, 6) is 0. The zero-order chi connectivity index (χ0) is 16.4. The normalized spacial score (nSPS) is 18.9. The molecule has 0 amide bonds. The van der Waals surface area contributed by atoms with Gasteiger partial charge < -0.3 is 5.32 Å². The Morgan fingerprint density at radius 1 is 1.18 bits per heavy atom. The number of benzene rings is 1. The van der Waals surface area contributed by atoms with Crippen LogP contribution in [0.5, 0.6) is 0 Å². The molecule has 122 valence electrons. The third-order valence-electron chi connectivity index (χ3n) is 4.42. The molecule has 1 aromatic rings. The molecule has 0 bridgehead atoms. The molecular formula is C18H27NO2S. The first-order valence-electron chi connectivity index (χ1n) is 7.93. The van der Waals surface area contributed by atoms with Crippen molar-refractivity contribution in [3.63, 3.8) is 0 Å². The smallest absolute Gasteiger partial charge is 0.163 e. The molecule has 22 heavy (non-hydrogen) atoms. The molecule has 1 aliphatic heterocycles. The van der Waals surface area contributed by atoms with E-state index in [0.717, 1.165) is 18.7 Å². The predicted molar refractivity (Wildman–Crippen MR) is 92.9 cm³/mol. The van der Waals surface area contributed by atoms with Gasteiger partial charge in [0.25, 0.3) is 0 Å². The van der Waals surface area contributed by atoms with Crippen LogP contribution in [-0.2, 0) is 15.3 Å². The molecule has 1 aromatic carbocycles. The number of rotatable bonds is 4. The average Bonchev–Trinajstić information content (AvgIpc) is 2.48. The minimum absolute atomic E-state index is 0.0656. The molecular weight excluding hydrogens is 294 g/mol. The first-order chi connectivity index (χ1) is 10.3. The first kappa shape index (κ1) is 17.2. The van der Waals surface area contributed by atoms with Gasteiger partial charge in [0.05, 0.1) is 5.25 Å². The maximum Gasteiger partial charge on any atom is 0.163 e. The van der Waals surface area contributed by atoms with Crippen LogP contribution < -0.4 is 5.32 Å². The van der Waals surface area contributed by atoms with E-state index in [9.17, 15) is 8.42 Å². The van der Waals surface area contributed by atoms with Crippen molar-refractivity contribution in [1.82, 2.24) is 5.32 Å². The third kappa shape index (κ3) is 3.61. The van der Waals surface area contributed by atoms with Crippen LogP contribution in [0.4, 0.5) is 0 Å². The largest absolute Gasteiger partial charge is 0.317 e. The van der Waals surface area contributed by atoms with Crippen molar-refractivity contribution in [1.29, 1.82) is 0 Å². The summed E-state index contributed by atoms with van der Waals surface area (Å²) in [6, 6.07) is 7.94. The molecule has 4 heteroatoms. The summed E-state index contributed by atoms with van der Waals surface area (Å²) < 4.78 is 25.8. The second kappa shape index (κ2) is 6.55. The average molecular weight is 321 g/mol. The Morgan fingerprint density at radius 2 is 1.73 bits per heavy atom. The molecule has 3 nitrogen and oxygen atoms in total. The summed E-state index contributed by atoms with van der Waals surface area (Å²) in [5.41, 5.74) is 2.09. The zero-order valence-corrected chi connectivity index (χ0v) is 14.6. The van der Waals surface area contributed by atoms with Crippen molar-refractivity contribution in [2.24, 2.45) is 0 Å². The van der Waals surface area contributed by atoms with E-state index in [-0.39, 0.29) is 10.7 Å². The Morgan fingerprint density at radius 3 is 2.18 bits per heavy atom. The van der Waals surface area contributed by atoms with Crippen LogP contribution >= 0.6 is 0 Å². The second-order valence-corrected chi connectivity index (χ2v) is 9.42. The van der Waals surface area contributed by atoms with Gasteiger partial charge in [-0.3, -0.25) is 0 Å². The minimum atomic E-state index is -3.23. The summed E-state index contributed by atoms with van der Waals surface area (Å²) in [5, 5.41) is 2.35. The molecule has 0 aliphatic carbocycles. The minimum Gasteiger partial charge on any atom is -0.317 e. The molecule has 0 aromatic heterocycles. The van der Waals surface area contributed by atoms with Crippen LogP contribution in [0.3, 0.4) is 0 Å². The number of hydrogen-bond acceptors (Lipinski definition) is 3. The number of piperidine rings is 1. The van der Waals surface area contributed by atoms with Gasteiger partial charge in [-0.2, -0.15) is 0 Å². The molecule has 1 saturated heterocycles. The fraction of sp³-hybridized carbons (Fsp3) is 0.556. The first-order valence-corrected chi connectivity index (χ1v) is 9.54. The number of sulfone groups is 1. The van der Waals surface area contributed by atoms with E-state index in [1.54, 1.807) is 6.08 Å². The monoisotopic (exact) mass is 321 g/mol. The lowest BCUT2D eigenvalue weighted by atomic mass is 9.86. The SMILES string of the molecule is C=CC(c1ccc(C(C)(C)C)cc1)S(=O)(=O)C1CCNCC1. The quantitative estimate of drug-likeness (QED) is 0.865. The second-order valence-electron chi connectivity index (χ2n) is 7.07. The Hall–Kier alpha value is -1.13. The molecule has 1 atom stereocenters. The van der Waals surface area contributed by atoms with Crippen LogP contribution in [0.15, 0.2) is 36.9 Å². The lowest BCUT2D eigenvalue weighted by Gasteiger charge is -2.27. The van der Waals surface area contributed by atoms with E-state index < -0.39 is 15.1 Å². The molecule has 0 saturated carbocycles. The van der Waals surface area contributed by atoms with Crippen LogP contribution in [0.1, 0.15) is 50.0 Å². The van der Waals surface area contributed by atoms with Crippen LogP contribution in [0.25, 0.3) is 0 Å². The van der Waals surface area contributed by atoms with Gasteiger partial charge in [0, 0.05) is 0 Å². The van der Waals surface area contributed by atoms with Gasteiger partial charge in [-0.05, 0) is 42.5 Å². The van der Waals surface area contributed by atoms with Crippen molar-refractivity contribution in [2.75, 3.05) is 13.1 Å². The van der Waals surface area contributed by atoms with E-state index in [4.69, 9.17) is 0 Å². The van der Waals surface area contributed by atoms with Crippen molar-refractivity contribution in [3.05, 3.63) is 48.0 Å². The highest BCUT2D eigenvalue weighted by Crippen LogP contribution is 2.32.